The molecule has 0 spiro atoms. The van der Waals surface area contributed by atoms with Crippen LogP contribution in [0.15, 0.2) is 23.2 Å². The van der Waals surface area contributed by atoms with Gasteiger partial charge in [0.2, 0.25) is 0 Å². The van der Waals surface area contributed by atoms with Crippen LogP contribution in [0.3, 0.4) is 0 Å². The highest BCUT2D eigenvalue weighted by molar-refractivity contribution is 5.68. The van der Waals surface area contributed by atoms with E-state index in [-0.39, 0.29) is 17.3 Å². The molecule has 0 aliphatic carbocycles. The van der Waals surface area contributed by atoms with Gasteiger partial charge in [0.15, 0.2) is 0 Å². The maximum absolute atomic E-state index is 13.2. The van der Waals surface area contributed by atoms with Crippen molar-refractivity contribution in [3.05, 3.63) is 29.6 Å². The quantitative estimate of drug-likeness (QED) is 0.692. The molecule has 1 atom stereocenters. The standard InChI is InChI=1S/C12H15FN2/c1-12(2,3)11-9-6-8(13)4-5-10(9)14-7-15-11/h4-7,11H,1-3H3,(H,14,15). The second-order valence-corrected chi connectivity index (χ2v) is 4.93. The summed E-state index contributed by atoms with van der Waals surface area (Å²) in [7, 11) is 0. The number of fused-ring (bicyclic) bond motifs is 1. The summed E-state index contributed by atoms with van der Waals surface area (Å²) in [5.74, 6) is -0.207. The smallest absolute Gasteiger partial charge is 0.123 e. The largest absolute Gasteiger partial charge is 0.369 e. The van der Waals surface area contributed by atoms with Gasteiger partial charge in [0.05, 0.1) is 18.1 Å². The maximum Gasteiger partial charge on any atom is 0.123 e. The Morgan fingerprint density at radius 1 is 1.33 bits per heavy atom. The molecule has 2 nitrogen and oxygen atoms in total. The lowest BCUT2D eigenvalue weighted by Crippen LogP contribution is -2.33. The lowest BCUT2D eigenvalue weighted by atomic mass is 9.81. The van der Waals surface area contributed by atoms with E-state index in [1.807, 2.05) is 0 Å². The molecule has 0 bridgehead atoms. The van der Waals surface area contributed by atoms with Gasteiger partial charge in [-0.3, -0.25) is 0 Å². The minimum atomic E-state index is -0.207. The van der Waals surface area contributed by atoms with Gasteiger partial charge in [0.25, 0.3) is 0 Å². The van der Waals surface area contributed by atoms with Crippen molar-refractivity contribution in [2.45, 2.75) is 26.8 Å². The molecule has 80 valence electrons. The minimum Gasteiger partial charge on any atom is -0.369 e. The number of rotatable bonds is 0. The summed E-state index contributed by atoms with van der Waals surface area (Å²) >= 11 is 0. The normalized spacial score (nSPS) is 19.6. The third-order valence-electron chi connectivity index (χ3n) is 2.61. The van der Waals surface area contributed by atoms with Gasteiger partial charge in [-0.05, 0) is 23.6 Å². The third kappa shape index (κ3) is 1.87. The fourth-order valence-corrected chi connectivity index (χ4v) is 1.86. The summed E-state index contributed by atoms with van der Waals surface area (Å²) in [6.07, 6.45) is 1.69. The number of nitrogens with one attached hydrogen (secondary N) is 1. The summed E-state index contributed by atoms with van der Waals surface area (Å²) in [6, 6.07) is 4.84. The van der Waals surface area contributed by atoms with Crippen LogP contribution in [0.2, 0.25) is 0 Å². The Bertz CT molecular complexity index is 405. The Hall–Kier alpha value is -1.38. The van der Waals surface area contributed by atoms with Gasteiger partial charge in [-0.1, -0.05) is 20.8 Å². The predicted molar refractivity (Wildman–Crippen MR) is 59.9 cm³/mol. The van der Waals surface area contributed by atoms with Crippen molar-refractivity contribution in [1.29, 1.82) is 0 Å². The van der Waals surface area contributed by atoms with E-state index in [1.165, 1.54) is 6.07 Å². The van der Waals surface area contributed by atoms with Crippen molar-refractivity contribution in [3.8, 4) is 0 Å². The highest BCUT2D eigenvalue weighted by Gasteiger charge is 2.29. The Morgan fingerprint density at radius 2 is 2.07 bits per heavy atom. The van der Waals surface area contributed by atoms with E-state index in [0.29, 0.717) is 0 Å². The minimum absolute atomic E-state index is 0.0367. The number of hydrogen-bond donors (Lipinski definition) is 1. The lowest BCUT2D eigenvalue weighted by molar-refractivity contribution is 0.302. The average molecular weight is 206 g/mol. The summed E-state index contributed by atoms with van der Waals surface area (Å²) in [5, 5.41) is 3.18. The molecule has 1 aliphatic heterocycles. The second-order valence-electron chi connectivity index (χ2n) is 4.93. The lowest BCUT2D eigenvalue weighted by Gasteiger charge is -2.33. The molecule has 0 amide bonds. The first-order valence-electron chi connectivity index (χ1n) is 5.06. The van der Waals surface area contributed by atoms with Crippen LogP contribution in [-0.4, -0.2) is 6.34 Å². The van der Waals surface area contributed by atoms with E-state index < -0.39 is 0 Å². The van der Waals surface area contributed by atoms with Crippen LogP contribution in [-0.2, 0) is 0 Å². The Kier molecular flexibility index (Phi) is 2.25. The van der Waals surface area contributed by atoms with Crippen molar-refractivity contribution >= 4 is 12.0 Å². The van der Waals surface area contributed by atoms with Crippen LogP contribution < -0.4 is 5.32 Å². The maximum atomic E-state index is 13.2. The first-order chi connectivity index (χ1) is 6.98. The van der Waals surface area contributed by atoms with Crippen molar-refractivity contribution < 1.29 is 4.39 Å². The van der Waals surface area contributed by atoms with Crippen LogP contribution >= 0.6 is 0 Å². The van der Waals surface area contributed by atoms with Crippen LogP contribution in [0.5, 0.6) is 0 Å². The first-order valence-corrected chi connectivity index (χ1v) is 5.06. The zero-order valence-corrected chi connectivity index (χ0v) is 9.21. The van der Waals surface area contributed by atoms with Crippen LogP contribution in [0.25, 0.3) is 0 Å². The van der Waals surface area contributed by atoms with E-state index in [9.17, 15) is 4.39 Å². The van der Waals surface area contributed by atoms with Crippen molar-refractivity contribution in [3.63, 3.8) is 0 Å². The van der Waals surface area contributed by atoms with Gasteiger partial charge in [-0.15, -0.1) is 0 Å². The van der Waals surface area contributed by atoms with Crippen molar-refractivity contribution in [1.82, 2.24) is 5.32 Å². The SMILES string of the molecule is CC(C)(C)C1NC=Nc2ccc(F)cc21. The summed E-state index contributed by atoms with van der Waals surface area (Å²) in [5.41, 5.74) is 1.83. The molecule has 1 aliphatic rings. The van der Waals surface area contributed by atoms with Gasteiger partial charge in [-0.2, -0.15) is 0 Å². The molecule has 0 fully saturated rings. The molecule has 1 aromatic rings. The molecule has 1 aromatic carbocycles. The Labute approximate surface area is 89.2 Å². The topological polar surface area (TPSA) is 24.4 Å². The van der Waals surface area contributed by atoms with Crippen LogP contribution in [0.4, 0.5) is 10.1 Å². The van der Waals surface area contributed by atoms with Crippen LogP contribution in [0.1, 0.15) is 32.4 Å². The number of aliphatic imine (C=N–C) groups is 1. The van der Waals surface area contributed by atoms with Gasteiger partial charge in [0.1, 0.15) is 5.82 Å². The van der Waals surface area contributed by atoms with Crippen LogP contribution in [0, 0.1) is 11.2 Å². The number of benzene rings is 1. The van der Waals surface area contributed by atoms with Crippen molar-refractivity contribution in [2.75, 3.05) is 0 Å². The van der Waals surface area contributed by atoms with Crippen molar-refractivity contribution in [2.24, 2.45) is 10.4 Å². The fourth-order valence-electron chi connectivity index (χ4n) is 1.86. The summed E-state index contributed by atoms with van der Waals surface area (Å²) < 4.78 is 13.2. The fraction of sp³-hybridized carbons (Fsp3) is 0.417. The molecule has 0 radical (unpaired) electrons. The second kappa shape index (κ2) is 3.33. The monoisotopic (exact) mass is 206 g/mol. The summed E-state index contributed by atoms with van der Waals surface area (Å²) in [4.78, 5) is 4.20. The molecule has 1 heterocycles. The van der Waals surface area contributed by atoms with Gasteiger partial charge in [0, 0.05) is 5.56 Å². The first kappa shape index (κ1) is 10.1. The molecule has 15 heavy (non-hydrogen) atoms. The third-order valence-corrected chi connectivity index (χ3v) is 2.61. The highest BCUT2D eigenvalue weighted by Crippen LogP contribution is 2.39. The summed E-state index contributed by atoms with van der Waals surface area (Å²) in [6.45, 7) is 6.37. The molecular weight excluding hydrogens is 191 g/mol. The molecule has 1 unspecified atom stereocenters. The average Bonchev–Trinajstić information content (AvgIpc) is 2.15. The van der Waals surface area contributed by atoms with E-state index in [2.05, 4.69) is 31.1 Å². The molecule has 0 saturated heterocycles. The molecule has 0 saturated carbocycles. The van der Waals surface area contributed by atoms with Gasteiger partial charge < -0.3 is 5.32 Å². The van der Waals surface area contributed by atoms with E-state index in [4.69, 9.17) is 0 Å². The van der Waals surface area contributed by atoms with E-state index in [1.54, 1.807) is 18.5 Å². The number of hydrogen-bond acceptors (Lipinski definition) is 2. The zero-order chi connectivity index (χ0) is 11.1. The number of nitrogens with zero attached hydrogens (tertiary/aromatic N) is 1. The molecule has 1 N–H and O–H groups in total. The van der Waals surface area contributed by atoms with E-state index >= 15 is 0 Å². The molecule has 0 aromatic heterocycles. The van der Waals surface area contributed by atoms with E-state index in [0.717, 1.165) is 11.3 Å². The molecule has 2 rings (SSSR count). The molecule has 3 heteroatoms. The highest BCUT2D eigenvalue weighted by atomic mass is 19.1. The Balaban J connectivity index is 2.50. The Morgan fingerprint density at radius 3 is 2.73 bits per heavy atom. The molecular formula is C12H15FN2. The van der Waals surface area contributed by atoms with Gasteiger partial charge in [-0.25, -0.2) is 9.38 Å². The van der Waals surface area contributed by atoms with Gasteiger partial charge >= 0.3 is 0 Å². The predicted octanol–water partition coefficient (Wildman–Crippen LogP) is 3.18. The zero-order valence-electron chi connectivity index (χ0n) is 9.21. The number of halogens is 1.